The molecule has 0 N–H and O–H groups in total. The van der Waals surface area contributed by atoms with Gasteiger partial charge in [0.1, 0.15) is 6.61 Å². The Morgan fingerprint density at radius 1 is 1.33 bits per heavy atom. The molecule has 2 heteroatoms. The van der Waals surface area contributed by atoms with Gasteiger partial charge in [0.15, 0.2) is 0 Å². The molecule has 0 aromatic rings. The fraction of sp³-hybridized carbons (Fsp3) is 0.615. The summed E-state index contributed by atoms with van der Waals surface area (Å²) in [5.41, 5.74) is 2.50. The number of ether oxygens (including phenoxy) is 1. The lowest BCUT2D eigenvalue weighted by atomic mass is 10.1. The van der Waals surface area contributed by atoms with Gasteiger partial charge in [0, 0.05) is 6.42 Å². The van der Waals surface area contributed by atoms with Gasteiger partial charge in [-0.3, -0.25) is 4.79 Å². The first-order chi connectivity index (χ1) is 7.06. The molecule has 0 amide bonds. The molecule has 0 bridgehead atoms. The van der Waals surface area contributed by atoms with Crippen LogP contribution in [0.1, 0.15) is 46.5 Å². The van der Waals surface area contributed by atoms with Gasteiger partial charge in [0.05, 0.1) is 0 Å². The summed E-state index contributed by atoms with van der Waals surface area (Å²) in [4.78, 5) is 10.8. The summed E-state index contributed by atoms with van der Waals surface area (Å²) in [5, 5.41) is 0. The molecule has 0 radical (unpaired) electrons. The van der Waals surface area contributed by atoms with Gasteiger partial charge in [-0.1, -0.05) is 18.1 Å². The minimum atomic E-state index is -0.138. The first kappa shape index (κ1) is 13.9. The van der Waals surface area contributed by atoms with E-state index in [1.807, 2.05) is 13.0 Å². The van der Waals surface area contributed by atoms with E-state index in [0.29, 0.717) is 13.0 Å². The molecule has 0 aliphatic carbocycles. The zero-order valence-corrected chi connectivity index (χ0v) is 10.1. The Morgan fingerprint density at radius 2 is 2.00 bits per heavy atom. The first-order valence-electron chi connectivity index (χ1n) is 5.52. The standard InChI is InChI=1S/C13H22O2/c1-5-13(14)15-10-9-12(4)8-6-7-11(2)3/h9H,2,5-8,10H2,1,3-4H3/b12-9+. The second kappa shape index (κ2) is 8.27. The molecule has 0 aliphatic heterocycles. The Balaban J connectivity index is 3.60. The number of carbonyl (C=O) groups is 1. The predicted molar refractivity (Wildman–Crippen MR) is 63.7 cm³/mol. The lowest BCUT2D eigenvalue weighted by Crippen LogP contribution is -2.02. The maximum absolute atomic E-state index is 10.8. The van der Waals surface area contributed by atoms with E-state index >= 15 is 0 Å². The summed E-state index contributed by atoms with van der Waals surface area (Å²) in [6, 6.07) is 0. The molecule has 2 nitrogen and oxygen atoms in total. The van der Waals surface area contributed by atoms with Crippen molar-refractivity contribution in [2.24, 2.45) is 0 Å². The van der Waals surface area contributed by atoms with Crippen LogP contribution in [0.5, 0.6) is 0 Å². The van der Waals surface area contributed by atoms with Crippen molar-refractivity contribution in [3.8, 4) is 0 Å². The molecule has 0 unspecified atom stereocenters. The minimum absolute atomic E-state index is 0.138. The van der Waals surface area contributed by atoms with Crippen molar-refractivity contribution in [3.63, 3.8) is 0 Å². The Morgan fingerprint density at radius 3 is 2.53 bits per heavy atom. The van der Waals surface area contributed by atoms with Gasteiger partial charge in [0.25, 0.3) is 0 Å². The van der Waals surface area contributed by atoms with Gasteiger partial charge in [-0.05, 0) is 39.2 Å². The van der Waals surface area contributed by atoms with Crippen molar-refractivity contribution >= 4 is 5.97 Å². The molecule has 0 aromatic heterocycles. The summed E-state index contributed by atoms with van der Waals surface area (Å²) >= 11 is 0. The van der Waals surface area contributed by atoms with E-state index in [0.717, 1.165) is 19.3 Å². The first-order valence-corrected chi connectivity index (χ1v) is 5.52. The number of allylic oxidation sites excluding steroid dienone is 2. The minimum Gasteiger partial charge on any atom is -0.461 e. The Kier molecular flexibility index (Phi) is 7.69. The average molecular weight is 210 g/mol. The summed E-state index contributed by atoms with van der Waals surface area (Å²) < 4.78 is 4.96. The Hall–Kier alpha value is -1.05. The van der Waals surface area contributed by atoms with Crippen LogP contribution in [-0.2, 0) is 9.53 Å². The monoisotopic (exact) mass is 210 g/mol. The number of hydrogen-bond donors (Lipinski definition) is 0. The van der Waals surface area contributed by atoms with Gasteiger partial charge >= 0.3 is 5.97 Å². The van der Waals surface area contributed by atoms with Crippen molar-refractivity contribution in [1.29, 1.82) is 0 Å². The van der Waals surface area contributed by atoms with Gasteiger partial charge in [-0.2, -0.15) is 0 Å². The maximum atomic E-state index is 10.8. The van der Waals surface area contributed by atoms with Crippen molar-refractivity contribution in [2.75, 3.05) is 6.61 Å². The highest BCUT2D eigenvalue weighted by molar-refractivity contribution is 5.68. The van der Waals surface area contributed by atoms with Crippen LogP contribution in [0.15, 0.2) is 23.8 Å². The second-order valence-electron chi connectivity index (χ2n) is 3.90. The van der Waals surface area contributed by atoms with Crippen LogP contribution in [-0.4, -0.2) is 12.6 Å². The molecule has 86 valence electrons. The van der Waals surface area contributed by atoms with E-state index in [-0.39, 0.29) is 5.97 Å². The zero-order chi connectivity index (χ0) is 11.7. The van der Waals surface area contributed by atoms with Crippen molar-refractivity contribution < 1.29 is 9.53 Å². The highest BCUT2D eigenvalue weighted by Crippen LogP contribution is 2.10. The smallest absolute Gasteiger partial charge is 0.305 e. The molecule has 0 fully saturated rings. The molecular weight excluding hydrogens is 188 g/mol. The van der Waals surface area contributed by atoms with E-state index in [2.05, 4.69) is 13.5 Å². The number of carbonyl (C=O) groups excluding carboxylic acids is 1. The van der Waals surface area contributed by atoms with Gasteiger partial charge in [-0.15, -0.1) is 6.58 Å². The molecule has 15 heavy (non-hydrogen) atoms. The Labute approximate surface area is 93.0 Å². The van der Waals surface area contributed by atoms with Crippen LogP contribution >= 0.6 is 0 Å². The van der Waals surface area contributed by atoms with Crippen LogP contribution in [0.3, 0.4) is 0 Å². The molecule has 0 heterocycles. The molecule has 0 atom stereocenters. The molecule has 0 aliphatic rings. The normalized spacial score (nSPS) is 11.3. The van der Waals surface area contributed by atoms with Crippen LogP contribution in [0.4, 0.5) is 0 Å². The second-order valence-corrected chi connectivity index (χ2v) is 3.90. The van der Waals surface area contributed by atoms with Crippen LogP contribution < -0.4 is 0 Å². The highest BCUT2D eigenvalue weighted by atomic mass is 16.5. The van der Waals surface area contributed by atoms with Gasteiger partial charge < -0.3 is 4.74 Å². The third-order valence-electron chi connectivity index (χ3n) is 2.14. The SMILES string of the molecule is C=C(C)CCC/C(C)=C/COC(=O)CC. The van der Waals surface area contributed by atoms with E-state index in [1.54, 1.807) is 6.92 Å². The van der Waals surface area contributed by atoms with E-state index < -0.39 is 0 Å². The van der Waals surface area contributed by atoms with Crippen molar-refractivity contribution in [2.45, 2.75) is 46.5 Å². The topological polar surface area (TPSA) is 26.3 Å². The third kappa shape index (κ3) is 9.26. The summed E-state index contributed by atoms with van der Waals surface area (Å²) in [6.45, 7) is 10.2. The summed E-state index contributed by atoms with van der Waals surface area (Å²) in [6.07, 6.45) is 5.67. The molecule has 0 spiro atoms. The van der Waals surface area contributed by atoms with Crippen LogP contribution in [0, 0.1) is 0 Å². The number of hydrogen-bond acceptors (Lipinski definition) is 2. The summed E-state index contributed by atoms with van der Waals surface area (Å²) in [7, 11) is 0. The van der Waals surface area contributed by atoms with Crippen LogP contribution in [0.25, 0.3) is 0 Å². The van der Waals surface area contributed by atoms with E-state index in [9.17, 15) is 4.79 Å². The van der Waals surface area contributed by atoms with E-state index in [1.165, 1.54) is 11.1 Å². The molecule has 0 saturated heterocycles. The molecule has 0 rings (SSSR count). The Bertz CT molecular complexity index is 239. The fourth-order valence-corrected chi connectivity index (χ4v) is 1.15. The average Bonchev–Trinajstić information content (AvgIpc) is 2.17. The molecule has 0 aromatic carbocycles. The number of esters is 1. The van der Waals surface area contributed by atoms with E-state index in [4.69, 9.17) is 4.74 Å². The van der Waals surface area contributed by atoms with Crippen molar-refractivity contribution in [1.82, 2.24) is 0 Å². The quantitative estimate of drug-likeness (QED) is 0.474. The highest BCUT2D eigenvalue weighted by Gasteiger charge is 1.96. The maximum Gasteiger partial charge on any atom is 0.305 e. The zero-order valence-electron chi connectivity index (χ0n) is 10.1. The lowest BCUT2D eigenvalue weighted by Gasteiger charge is -2.02. The molecular formula is C13H22O2. The van der Waals surface area contributed by atoms with Gasteiger partial charge in [-0.25, -0.2) is 0 Å². The van der Waals surface area contributed by atoms with Gasteiger partial charge in [0.2, 0.25) is 0 Å². The third-order valence-corrected chi connectivity index (χ3v) is 2.14. The van der Waals surface area contributed by atoms with Crippen LogP contribution in [0.2, 0.25) is 0 Å². The predicted octanol–water partition coefficient (Wildman–Crippen LogP) is 3.63. The fourth-order valence-electron chi connectivity index (χ4n) is 1.15. The van der Waals surface area contributed by atoms with Crippen molar-refractivity contribution in [3.05, 3.63) is 23.8 Å². The number of rotatable bonds is 7. The molecule has 0 saturated carbocycles. The largest absolute Gasteiger partial charge is 0.461 e. The summed E-state index contributed by atoms with van der Waals surface area (Å²) in [5.74, 6) is -0.138. The lowest BCUT2D eigenvalue weighted by molar-refractivity contribution is -0.141.